The molecule has 0 saturated carbocycles. The largest absolute Gasteiger partial charge is 0.486 e. The van der Waals surface area contributed by atoms with Gasteiger partial charge in [0.2, 0.25) is 11.8 Å². The average Bonchev–Trinajstić information content (AvgIpc) is 2.99. The summed E-state index contributed by atoms with van der Waals surface area (Å²) in [5.74, 6) is -1.06. The highest BCUT2D eigenvalue weighted by Crippen LogP contribution is 2.34. The van der Waals surface area contributed by atoms with E-state index in [1.165, 1.54) is 41.3 Å². The van der Waals surface area contributed by atoms with Gasteiger partial charge in [0.15, 0.2) is 11.5 Å². The zero-order valence-corrected chi connectivity index (χ0v) is 26.2. The lowest BCUT2D eigenvalue weighted by molar-refractivity contribution is -0.139. The van der Waals surface area contributed by atoms with E-state index < -0.39 is 40.2 Å². The molecule has 0 bridgehead atoms. The van der Waals surface area contributed by atoms with Gasteiger partial charge < -0.3 is 19.7 Å². The number of carbonyl (C=O) groups excluding carboxylic acids is 2. The lowest BCUT2D eigenvalue weighted by Gasteiger charge is -2.32. The molecule has 0 spiro atoms. The molecule has 0 saturated heterocycles. The van der Waals surface area contributed by atoms with Crippen molar-refractivity contribution in [3.63, 3.8) is 0 Å². The molecule has 0 aliphatic carbocycles. The third-order valence-corrected chi connectivity index (χ3v) is 9.38. The molecule has 9 nitrogen and oxygen atoms in total. The van der Waals surface area contributed by atoms with Gasteiger partial charge in [0, 0.05) is 28.7 Å². The monoisotopic (exact) mass is 651 g/mol. The molecule has 1 aliphatic rings. The van der Waals surface area contributed by atoms with Crippen molar-refractivity contribution in [2.24, 2.45) is 0 Å². The molecule has 1 heterocycles. The maximum absolute atomic E-state index is 14.0. The van der Waals surface area contributed by atoms with E-state index in [1.54, 1.807) is 19.1 Å². The van der Waals surface area contributed by atoms with E-state index >= 15 is 0 Å². The van der Waals surface area contributed by atoms with Crippen molar-refractivity contribution in [1.82, 2.24) is 10.2 Å². The highest BCUT2D eigenvalue weighted by atomic mass is 35.5. The van der Waals surface area contributed by atoms with Crippen LogP contribution in [0.1, 0.15) is 32.8 Å². The number of hydrogen-bond acceptors (Lipinski definition) is 6. The molecule has 0 fully saturated rings. The Balaban J connectivity index is 1.73. The molecule has 2 amide bonds. The Morgan fingerprint density at radius 2 is 1.65 bits per heavy atom. The van der Waals surface area contributed by atoms with E-state index in [-0.39, 0.29) is 40.5 Å². The third kappa shape index (κ3) is 7.70. The van der Waals surface area contributed by atoms with Gasteiger partial charge in [0.05, 0.1) is 10.6 Å². The minimum absolute atomic E-state index is 0.0471. The molecule has 43 heavy (non-hydrogen) atoms. The highest BCUT2D eigenvalue weighted by Gasteiger charge is 2.34. The van der Waals surface area contributed by atoms with E-state index in [1.807, 2.05) is 13.8 Å². The average molecular weight is 653 g/mol. The highest BCUT2D eigenvalue weighted by molar-refractivity contribution is 7.92. The Hall–Kier alpha value is -3.54. The molecule has 1 N–H and O–H groups in total. The number of halogens is 3. The van der Waals surface area contributed by atoms with Crippen LogP contribution < -0.4 is 19.1 Å². The van der Waals surface area contributed by atoms with Crippen molar-refractivity contribution >= 4 is 50.7 Å². The van der Waals surface area contributed by atoms with Gasteiger partial charge in [-0.05, 0) is 74.4 Å². The molecule has 3 aromatic rings. The predicted octanol–water partition coefficient (Wildman–Crippen LogP) is 5.43. The summed E-state index contributed by atoms with van der Waals surface area (Å²) >= 11 is 12.5. The second-order valence-electron chi connectivity index (χ2n) is 10.0. The second kappa shape index (κ2) is 13.8. The topological polar surface area (TPSA) is 105 Å². The van der Waals surface area contributed by atoms with Crippen molar-refractivity contribution in [3.8, 4) is 11.5 Å². The summed E-state index contributed by atoms with van der Waals surface area (Å²) in [5.41, 5.74) is 0.552. The number of hydrogen-bond donors (Lipinski definition) is 1. The fourth-order valence-corrected chi connectivity index (χ4v) is 6.23. The Morgan fingerprint density at radius 1 is 0.977 bits per heavy atom. The maximum atomic E-state index is 14.0. The molecule has 13 heteroatoms. The van der Waals surface area contributed by atoms with Crippen molar-refractivity contribution in [1.29, 1.82) is 0 Å². The number of rotatable bonds is 11. The normalized spacial score (nSPS) is 14.0. The van der Waals surface area contributed by atoms with E-state index in [0.717, 1.165) is 16.4 Å². The summed E-state index contributed by atoms with van der Waals surface area (Å²) < 4.78 is 53.9. The quantitative estimate of drug-likeness (QED) is 0.296. The Labute approximate surface area is 260 Å². The molecule has 0 radical (unpaired) electrons. The molecule has 0 aromatic heterocycles. The van der Waals surface area contributed by atoms with Crippen LogP contribution in [0, 0.1) is 5.82 Å². The van der Waals surface area contributed by atoms with Gasteiger partial charge in [-0.3, -0.25) is 13.9 Å². The lowest BCUT2D eigenvalue weighted by Crippen LogP contribution is -2.52. The lowest BCUT2D eigenvalue weighted by atomic mass is 10.1. The van der Waals surface area contributed by atoms with Crippen LogP contribution in [0.25, 0.3) is 0 Å². The number of anilines is 1. The first kappa shape index (κ1) is 32.4. The second-order valence-corrected chi connectivity index (χ2v) is 12.8. The maximum Gasteiger partial charge on any atom is 0.264 e. The molecule has 4 rings (SSSR count). The number of sulfonamides is 1. The molecule has 2 atom stereocenters. The number of amides is 2. The summed E-state index contributed by atoms with van der Waals surface area (Å²) in [7, 11) is -4.40. The van der Waals surface area contributed by atoms with E-state index in [9.17, 15) is 22.4 Å². The molecular formula is C30H32Cl2FN3O6S. The summed E-state index contributed by atoms with van der Waals surface area (Å²) in [6.45, 7) is 5.07. The van der Waals surface area contributed by atoms with Crippen molar-refractivity contribution in [2.45, 2.75) is 50.7 Å². The van der Waals surface area contributed by atoms with Crippen LogP contribution >= 0.6 is 23.2 Å². The number of ether oxygens (including phenoxy) is 2. The van der Waals surface area contributed by atoms with Gasteiger partial charge in [0.25, 0.3) is 10.0 Å². The van der Waals surface area contributed by atoms with Crippen molar-refractivity contribution in [3.05, 3.63) is 82.1 Å². The molecule has 0 unspecified atom stereocenters. The first-order valence-electron chi connectivity index (χ1n) is 13.6. The van der Waals surface area contributed by atoms with Gasteiger partial charge in [-0.15, -0.1) is 0 Å². The van der Waals surface area contributed by atoms with Crippen LogP contribution in [0.3, 0.4) is 0 Å². The fourth-order valence-electron chi connectivity index (χ4n) is 4.33. The van der Waals surface area contributed by atoms with Crippen LogP contribution in [-0.2, 0) is 26.2 Å². The number of nitrogens with one attached hydrogen (secondary N) is 1. The third-order valence-electron chi connectivity index (χ3n) is 7.02. The number of benzene rings is 3. The molecule has 1 aliphatic heterocycles. The van der Waals surface area contributed by atoms with Gasteiger partial charge in [-0.1, -0.05) is 36.2 Å². The number of fused-ring (bicyclic) bond motifs is 1. The Kier molecular flexibility index (Phi) is 10.4. The molecule has 230 valence electrons. The van der Waals surface area contributed by atoms with Crippen LogP contribution in [0.5, 0.6) is 11.5 Å². The zero-order chi connectivity index (χ0) is 31.3. The summed E-state index contributed by atoms with van der Waals surface area (Å²) in [6.07, 6.45) is 0.668. The Bertz CT molecular complexity index is 1590. The van der Waals surface area contributed by atoms with E-state index in [0.29, 0.717) is 29.4 Å². The van der Waals surface area contributed by atoms with Crippen molar-refractivity contribution in [2.75, 3.05) is 24.1 Å². The zero-order valence-electron chi connectivity index (χ0n) is 23.8. The van der Waals surface area contributed by atoms with Crippen LogP contribution in [0.15, 0.2) is 65.6 Å². The van der Waals surface area contributed by atoms with E-state index in [2.05, 4.69) is 5.32 Å². The smallest absolute Gasteiger partial charge is 0.264 e. The van der Waals surface area contributed by atoms with Gasteiger partial charge in [-0.25, -0.2) is 12.8 Å². The first-order valence-corrected chi connectivity index (χ1v) is 15.8. The van der Waals surface area contributed by atoms with Crippen LogP contribution in [-0.4, -0.2) is 57.0 Å². The fraction of sp³-hybridized carbons (Fsp3) is 0.333. The molecular weight excluding hydrogens is 620 g/mol. The summed E-state index contributed by atoms with van der Waals surface area (Å²) in [5, 5.41) is 3.53. The van der Waals surface area contributed by atoms with Crippen LogP contribution in [0.4, 0.5) is 10.1 Å². The van der Waals surface area contributed by atoms with Gasteiger partial charge in [0.1, 0.15) is 31.6 Å². The Morgan fingerprint density at radius 3 is 2.30 bits per heavy atom. The standard InChI is InChI=1S/C30H32Cl2FN3O6S/c1-4-19(2)34-30(38)20(3)35(17-21-5-6-22(31)15-26(21)32)29(37)18-36(24-9-7-23(33)8-10-24)43(39,40)25-11-12-27-28(16-25)42-14-13-41-27/h5-12,15-16,19-20H,4,13-14,17-18H2,1-3H3,(H,34,38)/t19-,20+/m0/s1. The molecule has 3 aromatic carbocycles. The number of carbonyl (C=O) groups is 2. The minimum Gasteiger partial charge on any atom is -0.486 e. The number of nitrogens with zero attached hydrogens (tertiary/aromatic N) is 2. The summed E-state index contributed by atoms with van der Waals surface area (Å²) in [6, 6.07) is 12.5. The summed E-state index contributed by atoms with van der Waals surface area (Å²) in [4.78, 5) is 28.3. The van der Waals surface area contributed by atoms with E-state index in [4.69, 9.17) is 32.7 Å². The van der Waals surface area contributed by atoms with Gasteiger partial charge in [-0.2, -0.15) is 0 Å². The van der Waals surface area contributed by atoms with Crippen LogP contribution in [0.2, 0.25) is 10.0 Å². The minimum atomic E-state index is -4.40. The van der Waals surface area contributed by atoms with Crippen molar-refractivity contribution < 1.29 is 31.9 Å². The predicted molar refractivity (Wildman–Crippen MR) is 163 cm³/mol. The van der Waals surface area contributed by atoms with Gasteiger partial charge >= 0.3 is 0 Å². The SMILES string of the molecule is CC[C@H](C)NC(=O)[C@@H](C)N(Cc1ccc(Cl)cc1Cl)C(=O)CN(c1ccc(F)cc1)S(=O)(=O)c1ccc2c(c1)OCCO2. The first-order chi connectivity index (χ1) is 20.4.